The molecular formula is C85H111N9O21. The standard InChI is InChI=1S/C85H111N9O21/c1-69-88-90-85(91-89-69)75-20-18-70(19-21-75)66-84(99)92(32-36-102-40-44-106-48-52-110-56-60-114-64-62-112-58-54-108-50-46-104-42-38-100-34-28-80(95)86-30-26-82(97)93-67-76-14-4-2-10-71(76)22-24-73-12-6-8-16-78(73)93)33-37-103-41-45-107-49-53-111-57-61-115-65-63-113-59-55-109-51-47-105-43-39-101-35-29-81(96)87-31-27-83(98)94-68-77-15-5-3-11-72(77)23-25-74-13-7-9-17-79(74)94/h2-21H,26-68H2,1H3,(H,86,95)(H,87,96). The minimum atomic E-state index is -0.189. The second-order valence-corrected chi connectivity index (χ2v) is 25.8. The normalized spacial score (nSPS) is 12.0. The molecule has 2 aliphatic heterocycles. The van der Waals surface area contributed by atoms with E-state index >= 15 is 0 Å². The van der Waals surface area contributed by atoms with Crippen LogP contribution in [0, 0.1) is 30.6 Å². The van der Waals surface area contributed by atoms with Crippen LogP contribution in [-0.2, 0) is 119 Å². The van der Waals surface area contributed by atoms with Crippen molar-refractivity contribution < 1.29 is 99.8 Å². The lowest BCUT2D eigenvalue weighted by atomic mass is 10.0. The third-order valence-corrected chi connectivity index (χ3v) is 17.3. The molecule has 30 heteroatoms. The average molecular weight is 1590 g/mol. The third kappa shape index (κ3) is 38.0. The summed E-state index contributed by atoms with van der Waals surface area (Å²) in [4.78, 5) is 70.5. The maximum absolute atomic E-state index is 13.6. The van der Waals surface area contributed by atoms with Gasteiger partial charge in [-0.25, -0.2) is 0 Å². The highest BCUT2D eigenvalue weighted by Gasteiger charge is 2.24. The lowest BCUT2D eigenvalue weighted by Crippen LogP contribution is -2.38. The Bertz CT molecular complexity index is 3700. The number of anilines is 2. The molecule has 0 unspecified atom stereocenters. The fraction of sp³-hybridized carbons (Fsp3) is 0.518. The van der Waals surface area contributed by atoms with Crippen LogP contribution in [0.5, 0.6) is 0 Å². The summed E-state index contributed by atoms with van der Waals surface area (Å²) in [6, 6.07) is 38.3. The summed E-state index contributed by atoms with van der Waals surface area (Å²) in [6.45, 7) is 15.8. The minimum absolute atomic E-state index is 0.0761. The van der Waals surface area contributed by atoms with E-state index in [0.29, 0.717) is 236 Å². The Morgan fingerprint density at radius 3 is 0.965 bits per heavy atom. The molecule has 0 bridgehead atoms. The number of fused-ring (bicyclic) bond motifs is 4. The zero-order valence-electron chi connectivity index (χ0n) is 66.2. The van der Waals surface area contributed by atoms with Crippen molar-refractivity contribution in [3.8, 4) is 35.1 Å². The molecule has 0 spiro atoms. The van der Waals surface area contributed by atoms with Crippen molar-refractivity contribution in [2.75, 3.05) is 247 Å². The van der Waals surface area contributed by atoms with E-state index in [0.717, 1.165) is 55.9 Å². The van der Waals surface area contributed by atoms with Gasteiger partial charge >= 0.3 is 0 Å². The largest absolute Gasteiger partial charge is 0.379 e. The number of carbonyl (C=O) groups excluding carboxylic acids is 5. The highest BCUT2D eigenvalue weighted by atomic mass is 16.6. The van der Waals surface area contributed by atoms with Crippen molar-refractivity contribution in [3.05, 3.63) is 166 Å². The molecule has 30 nitrogen and oxygen atoms in total. The first-order valence-electron chi connectivity index (χ1n) is 39.4. The van der Waals surface area contributed by atoms with E-state index in [9.17, 15) is 24.0 Å². The lowest BCUT2D eigenvalue weighted by Gasteiger charge is -2.26. The predicted octanol–water partition coefficient (Wildman–Crippen LogP) is 5.56. The number of nitrogens with zero attached hydrogens (tertiary/aromatic N) is 7. The molecule has 8 rings (SSSR count). The summed E-state index contributed by atoms with van der Waals surface area (Å²) in [5.41, 5.74) is 8.39. The van der Waals surface area contributed by atoms with Gasteiger partial charge in [0.05, 0.1) is 242 Å². The number of carbonyl (C=O) groups is 5. The number of amides is 5. The highest BCUT2D eigenvalue weighted by molar-refractivity contribution is 5.96. The molecule has 5 amide bonds. The number of nitrogens with one attached hydrogen (secondary N) is 2. The fourth-order valence-corrected chi connectivity index (χ4v) is 11.3. The van der Waals surface area contributed by atoms with Crippen molar-refractivity contribution in [1.29, 1.82) is 0 Å². The van der Waals surface area contributed by atoms with Crippen molar-refractivity contribution in [2.45, 2.75) is 52.1 Å². The number of hydrogen-bond donors (Lipinski definition) is 2. The summed E-state index contributed by atoms with van der Waals surface area (Å²) in [5, 5.41) is 21.8. The molecule has 0 fully saturated rings. The van der Waals surface area contributed by atoms with Crippen LogP contribution in [0.1, 0.15) is 70.5 Å². The zero-order valence-corrected chi connectivity index (χ0v) is 66.2. The minimum Gasteiger partial charge on any atom is -0.379 e. The molecule has 2 aliphatic rings. The Morgan fingerprint density at radius 1 is 0.339 bits per heavy atom. The van der Waals surface area contributed by atoms with Gasteiger partial charge in [0.2, 0.25) is 35.4 Å². The van der Waals surface area contributed by atoms with Gasteiger partial charge < -0.3 is 101 Å². The summed E-state index contributed by atoms with van der Waals surface area (Å²) in [7, 11) is 0. The molecule has 5 aromatic carbocycles. The SMILES string of the molecule is Cc1nnc(-c2ccc(CC(=O)N(CCOCCOCCOCCOCCOCCOCCOCCOCCC(=O)NCCC(=O)N3Cc4ccccc4C#Cc4ccccc43)CCOCCOCCOCCOCCOCCOCCOCCOCCC(=O)NCCC(=O)N3Cc4ccccc4C#Cc4ccccc43)cc2)nn1. The van der Waals surface area contributed by atoms with E-state index in [2.05, 4.69) is 54.7 Å². The summed E-state index contributed by atoms with van der Waals surface area (Å²) >= 11 is 0. The van der Waals surface area contributed by atoms with Crippen molar-refractivity contribution in [1.82, 2.24) is 35.9 Å². The molecule has 622 valence electrons. The van der Waals surface area contributed by atoms with Gasteiger partial charge in [-0.1, -0.05) is 109 Å². The molecular weight excluding hydrogens is 1480 g/mol. The van der Waals surface area contributed by atoms with E-state index in [-0.39, 0.29) is 87.9 Å². The quantitative estimate of drug-likeness (QED) is 0.0348. The van der Waals surface area contributed by atoms with Gasteiger partial charge in [-0.2, -0.15) is 0 Å². The molecule has 0 aliphatic carbocycles. The Balaban J connectivity index is 0.533. The topological polar surface area (TPSA) is 318 Å². The Hall–Kier alpha value is -9.13. The number of benzene rings is 5. The van der Waals surface area contributed by atoms with E-state index in [1.807, 2.05) is 121 Å². The van der Waals surface area contributed by atoms with Crippen molar-refractivity contribution in [2.24, 2.45) is 0 Å². The Morgan fingerprint density at radius 2 is 0.626 bits per heavy atom. The van der Waals surface area contributed by atoms with Crippen LogP contribution in [0.3, 0.4) is 0 Å². The van der Waals surface area contributed by atoms with Crippen molar-refractivity contribution >= 4 is 40.9 Å². The number of hydrogen-bond acceptors (Lipinski definition) is 25. The molecule has 0 atom stereocenters. The van der Waals surface area contributed by atoms with Crippen LogP contribution in [0.2, 0.25) is 0 Å². The molecule has 0 saturated heterocycles. The van der Waals surface area contributed by atoms with Gasteiger partial charge in [-0.05, 0) is 60.0 Å². The van der Waals surface area contributed by atoms with E-state index in [1.54, 1.807) is 21.6 Å². The second kappa shape index (κ2) is 57.8. The van der Waals surface area contributed by atoms with E-state index < -0.39 is 0 Å². The summed E-state index contributed by atoms with van der Waals surface area (Å²) in [6.07, 6.45) is 0.830. The maximum atomic E-state index is 13.6. The lowest BCUT2D eigenvalue weighted by molar-refractivity contribution is -0.132. The van der Waals surface area contributed by atoms with Gasteiger partial charge in [-0.15, -0.1) is 20.4 Å². The molecule has 6 aromatic rings. The maximum Gasteiger partial charge on any atom is 0.229 e. The first kappa shape index (κ1) is 91.4. The molecule has 3 heterocycles. The number of aryl methyl sites for hydroxylation is 1. The average Bonchev–Trinajstić information content (AvgIpc) is 0.828. The molecule has 1 aromatic heterocycles. The van der Waals surface area contributed by atoms with Crippen LogP contribution in [-0.4, -0.2) is 292 Å². The zero-order chi connectivity index (χ0) is 80.5. The van der Waals surface area contributed by atoms with Gasteiger partial charge in [-0.3, -0.25) is 24.0 Å². The Labute approximate surface area is 674 Å². The van der Waals surface area contributed by atoms with Crippen molar-refractivity contribution in [3.63, 3.8) is 0 Å². The summed E-state index contributed by atoms with van der Waals surface area (Å²) < 4.78 is 90.1. The van der Waals surface area contributed by atoms with Gasteiger partial charge in [0.15, 0.2) is 5.82 Å². The van der Waals surface area contributed by atoms with Crippen LogP contribution < -0.4 is 20.4 Å². The smallest absolute Gasteiger partial charge is 0.229 e. The molecule has 0 radical (unpaired) electrons. The van der Waals surface area contributed by atoms with Crippen LogP contribution >= 0.6 is 0 Å². The number of ether oxygens (including phenoxy) is 16. The highest BCUT2D eigenvalue weighted by Crippen LogP contribution is 2.28. The van der Waals surface area contributed by atoms with Crippen LogP contribution in [0.25, 0.3) is 11.4 Å². The molecule has 0 saturated carbocycles. The van der Waals surface area contributed by atoms with Crippen LogP contribution in [0.4, 0.5) is 11.4 Å². The van der Waals surface area contributed by atoms with Crippen LogP contribution in [0.15, 0.2) is 121 Å². The second-order valence-electron chi connectivity index (χ2n) is 25.8. The first-order chi connectivity index (χ1) is 56.7. The number of para-hydroxylation sites is 2. The molecule has 115 heavy (non-hydrogen) atoms. The number of rotatable bonds is 63. The van der Waals surface area contributed by atoms with E-state index in [1.165, 1.54) is 0 Å². The monoisotopic (exact) mass is 1590 g/mol. The third-order valence-electron chi connectivity index (χ3n) is 17.3. The van der Waals surface area contributed by atoms with Gasteiger partial charge in [0.1, 0.15) is 0 Å². The fourth-order valence-electron chi connectivity index (χ4n) is 11.3. The summed E-state index contributed by atoms with van der Waals surface area (Å²) in [5.74, 6) is 13.1. The van der Waals surface area contributed by atoms with E-state index in [4.69, 9.17) is 75.8 Å². The predicted molar refractivity (Wildman–Crippen MR) is 426 cm³/mol. The molecule has 2 N–H and O–H groups in total. The number of aromatic nitrogens is 4. The van der Waals surface area contributed by atoms with Gasteiger partial charge in [0, 0.05) is 79.7 Å². The Kier molecular flexibility index (Phi) is 46.0. The first-order valence-corrected chi connectivity index (χ1v) is 39.4. The van der Waals surface area contributed by atoms with Gasteiger partial charge in [0.25, 0.3) is 0 Å².